The molecule has 0 atom stereocenters. The lowest BCUT2D eigenvalue weighted by atomic mass is 10.1. The molecule has 0 aliphatic rings. The minimum Gasteiger partial charge on any atom is -0.507 e. The number of benzene rings is 1. The van der Waals surface area contributed by atoms with E-state index < -0.39 is 0 Å². The summed E-state index contributed by atoms with van der Waals surface area (Å²) in [5.74, 6) is -0.0832. The molecule has 1 rings (SSSR count). The first-order valence-corrected chi connectivity index (χ1v) is 4.06. The number of nitrogens with one attached hydrogen (secondary N) is 1. The van der Waals surface area contributed by atoms with Crippen molar-refractivity contribution in [3.8, 4) is 5.75 Å². The zero-order valence-corrected chi connectivity index (χ0v) is 8.07. The van der Waals surface area contributed by atoms with E-state index in [0.29, 0.717) is 5.69 Å². The van der Waals surface area contributed by atoms with E-state index in [1.165, 1.54) is 0 Å². The maximum atomic E-state index is 9.47. The van der Waals surface area contributed by atoms with Crippen LogP contribution in [0.1, 0.15) is 11.1 Å². The molecule has 4 N–H and O–H groups in total. The van der Waals surface area contributed by atoms with E-state index in [0.717, 1.165) is 11.1 Å². The molecule has 0 radical (unpaired) electrons. The van der Waals surface area contributed by atoms with Crippen LogP contribution in [-0.4, -0.2) is 11.1 Å². The lowest BCUT2D eigenvalue weighted by Crippen LogP contribution is -2.03. The first-order valence-electron chi connectivity index (χ1n) is 4.06. The zero-order valence-electron chi connectivity index (χ0n) is 8.07. The molecule has 0 aliphatic heterocycles. The molecule has 0 unspecified atom stereocenters. The van der Waals surface area contributed by atoms with Crippen LogP contribution in [0.2, 0.25) is 0 Å². The van der Waals surface area contributed by atoms with Gasteiger partial charge < -0.3 is 10.8 Å². The predicted octanol–water partition coefficient (Wildman–Crippen LogP) is 1.99. The highest BCUT2D eigenvalue weighted by molar-refractivity contribution is 5.74. The number of hydrogen-bond acceptors (Lipinski definition) is 3. The second-order valence-corrected chi connectivity index (χ2v) is 3.01. The van der Waals surface area contributed by atoms with Gasteiger partial charge in [0.1, 0.15) is 5.75 Å². The average Bonchev–Trinajstić information content (AvgIpc) is 2.10. The van der Waals surface area contributed by atoms with Crippen molar-refractivity contribution >= 4 is 11.6 Å². The topological polar surface area (TPSA) is 94.8 Å². The Hall–Kier alpha value is -1.91. The zero-order chi connectivity index (χ0) is 10.7. The lowest BCUT2D eigenvalue weighted by Gasteiger charge is -2.03. The molecular weight excluding hydrogens is 180 g/mol. The third-order valence-electron chi connectivity index (χ3n) is 1.75. The van der Waals surface area contributed by atoms with Crippen molar-refractivity contribution in [3.05, 3.63) is 23.3 Å². The number of rotatable bonds is 1. The standard InChI is InChI=1S/C9H12N4O/c1-5-3-7(12-13-9(10)11)4-6(2)8(5)14/h3-4,14H,1-2H3,(H3,10,11). The number of guanidine groups is 1. The molecule has 0 aromatic heterocycles. The van der Waals surface area contributed by atoms with Crippen molar-refractivity contribution in [1.29, 1.82) is 5.41 Å². The summed E-state index contributed by atoms with van der Waals surface area (Å²) in [5, 5.41) is 23.5. The van der Waals surface area contributed by atoms with Crippen LogP contribution in [0.5, 0.6) is 5.75 Å². The molecule has 14 heavy (non-hydrogen) atoms. The summed E-state index contributed by atoms with van der Waals surface area (Å²) >= 11 is 0. The highest BCUT2D eigenvalue weighted by atomic mass is 16.3. The fourth-order valence-corrected chi connectivity index (χ4v) is 1.10. The summed E-state index contributed by atoms with van der Waals surface area (Å²) in [6, 6.07) is 3.35. The van der Waals surface area contributed by atoms with Crippen LogP contribution in [0.15, 0.2) is 22.4 Å². The Morgan fingerprint density at radius 2 is 1.86 bits per heavy atom. The Bertz CT molecular complexity index is 375. The van der Waals surface area contributed by atoms with Crippen molar-refractivity contribution in [1.82, 2.24) is 0 Å². The van der Waals surface area contributed by atoms with Gasteiger partial charge in [0.25, 0.3) is 0 Å². The molecule has 0 aliphatic carbocycles. The van der Waals surface area contributed by atoms with Gasteiger partial charge >= 0.3 is 0 Å². The van der Waals surface area contributed by atoms with E-state index in [4.69, 9.17) is 11.1 Å². The van der Waals surface area contributed by atoms with Crippen molar-refractivity contribution in [3.63, 3.8) is 0 Å². The molecule has 5 nitrogen and oxygen atoms in total. The predicted molar refractivity (Wildman–Crippen MR) is 54.0 cm³/mol. The first-order chi connectivity index (χ1) is 6.50. The molecule has 0 saturated carbocycles. The number of aromatic hydroxyl groups is 1. The van der Waals surface area contributed by atoms with E-state index in [-0.39, 0.29) is 11.7 Å². The van der Waals surface area contributed by atoms with Crippen LogP contribution in [-0.2, 0) is 0 Å². The van der Waals surface area contributed by atoms with Gasteiger partial charge in [0, 0.05) is 0 Å². The summed E-state index contributed by atoms with van der Waals surface area (Å²) in [5.41, 5.74) is 7.05. The summed E-state index contributed by atoms with van der Waals surface area (Å²) in [4.78, 5) is 0. The maximum Gasteiger partial charge on any atom is 0.232 e. The summed E-state index contributed by atoms with van der Waals surface area (Å²) in [6.07, 6.45) is 0. The molecule has 0 amide bonds. The van der Waals surface area contributed by atoms with Gasteiger partial charge in [0.15, 0.2) is 0 Å². The molecule has 1 aromatic rings. The van der Waals surface area contributed by atoms with Gasteiger partial charge in [-0.1, -0.05) is 0 Å². The minimum absolute atomic E-state index is 0.256. The fraction of sp³-hybridized carbons (Fsp3) is 0.222. The maximum absolute atomic E-state index is 9.47. The van der Waals surface area contributed by atoms with E-state index in [9.17, 15) is 5.11 Å². The van der Waals surface area contributed by atoms with E-state index in [1.807, 2.05) is 0 Å². The summed E-state index contributed by atoms with van der Waals surface area (Å²) in [7, 11) is 0. The number of hydrogen-bond donors (Lipinski definition) is 3. The van der Waals surface area contributed by atoms with Gasteiger partial charge in [-0.15, -0.1) is 10.2 Å². The molecular formula is C9H12N4O. The lowest BCUT2D eigenvalue weighted by molar-refractivity contribution is 0.467. The van der Waals surface area contributed by atoms with Crippen molar-refractivity contribution in [2.75, 3.05) is 0 Å². The van der Waals surface area contributed by atoms with Crippen LogP contribution >= 0.6 is 0 Å². The molecule has 74 valence electrons. The number of azo groups is 1. The van der Waals surface area contributed by atoms with E-state index in [1.54, 1.807) is 26.0 Å². The van der Waals surface area contributed by atoms with Crippen LogP contribution in [0.25, 0.3) is 0 Å². The van der Waals surface area contributed by atoms with Crippen molar-refractivity contribution < 1.29 is 5.11 Å². The molecule has 1 aromatic carbocycles. The molecule has 5 heteroatoms. The van der Waals surface area contributed by atoms with Gasteiger partial charge in [-0.25, -0.2) is 0 Å². The largest absolute Gasteiger partial charge is 0.507 e. The Kier molecular flexibility index (Phi) is 2.81. The van der Waals surface area contributed by atoms with Crippen molar-refractivity contribution in [2.45, 2.75) is 13.8 Å². The van der Waals surface area contributed by atoms with Crippen LogP contribution < -0.4 is 5.73 Å². The second-order valence-electron chi connectivity index (χ2n) is 3.01. The quantitative estimate of drug-likeness (QED) is 0.360. The Morgan fingerprint density at radius 1 is 1.36 bits per heavy atom. The number of nitrogens with zero attached hydrogens (tertiary/aromatic N) is 2. The molecule has 0 bridgehead atoms. The van der Waals surface area contributed by atoms with Crippen LogP contribution in [0.3, 0.4) is 0 Å². The smallest absolute Gasteiger partial charge is 0.232 e. The van der Waals surface area contributed by atoms with Gasteiger partial charge in [0.05, 0.1) is 5.69 Å². The van der Waals surface area contributed by atoms with Crippen molar-refractivity contribution in [2.24, 2.45) is 16.0 Å². The molecule has 0 saturated heterocycles. The third-order valence-corrected chi connectivity index (χ3v) is 1.75. The van der Waals surface area contributed by atoms with Gasteiger partial charge in [-0.2, -0.15) is 0 Å². The Balaban J connectivity index is 3.07. The molecule has 0 heterocycles. The molecule has 0 fully saturated rings. The molecule has 0 spiro atoms. The summed E-state index contributed by atoms with van der Waals surface area (Å²) < 4.78 is 0. The highest BCUT2D eigenvalue weighted by Gasteiger charge is 2.02. The monoisotopic (exact) mass is 192 g/mol. The SMILES string of the molecule is Cc1cc(N=NC(=N)N)cc(C)c1O. The second kappa shape index (κ2) is 3.87. The number of phenolic OH excluding ortho intramolecular Hbond substituents is 1. The summed E-state index contributed by atoms with van der Waals surface area (Å²) in [6.45, 7) is 3.55. The van der Waals surface area contributed by atoms with E-state index >= 15 is 0 Å². The van der Waals surface area contributed by atoms with Gasteiger partial charge in [0.2, 0.25) is 5.96 Å². The normalized spacial score (nSPS) is 10.7. The van der Waals surface area contributed by atoms with Gasteiger partial charge in [-0.3, -0.25) is 5.41 Å². The fourth-order valence-electron chi connectivity index (χ4n) is 1.10. The van der Waals surface area contributed by atoms with Gasteiger partial charge in [-0.05, 0) is 37.1 Å². The first kappa shape index (κ1) is 10.2. The van der Waals surface area contributed by atoms with Crippen LogP contribution in [0, 0.1) is 19.3 Å². The average molecular weight is 192 g/mol. The Labute approximate surface area is 81.8 Å². The van der Waals surface area contributed by atoms with Crippen LogP contribution in [0.4, 0.5) is 5.69 Å². The highest BCUT2D eigenvalue weighted by Crippen LogP contribution is 2.27. The third kappa shape index (κ3) is 2.29. The minimum atomic E-state index is -0.339. The number of nitrogens with two attached hydrogens (primary N) is 1. The number of aryl methyl sites for hydroxylation is 2. The van der Waals surface area contributed by atoms with E-state index in [2.05, 4.69) is 10.2 Å². The Morgan fingerprint density at radius 3 is 2.29 bits per heavy atom. The number of phenols is 1.